The van der Waals surface area contributed by atoms with E-state index in [1.54, 1.807) is 12.1 Å². The number of anilines is 2. The molecule has 0 saturated carbocycles. The van der Waals surface area contributed by atoms with Crippen LogP contribution in [0.15, 0.2) is 72.3 Å². The molecule has 2 aliphatic rings. The minimum absolute atomic E-state index is 0.0565. The average molecular weight is 488 g/mol. The minimum Gasteiger partial charge on any atom is -0.367 e. The van der Waals surface area contributed by atoms with Gasteiger partial charge in [-0.2, -0.15) is 0 Å². The maximum absolute atomic E-state index is 13.3. The number of benzene rings is 3. The highest BCUT2D eigenvalue weighted by Gasteiger charge is 2.34. The van der Waals surface area contributed by atoms with Gasteiger partial charge < -0.3 is 4.90 Å². The number of nitrogens with one attached hydrogen (secondary N) is 1. The zero-order chi connectivity index (χ0) is 23.8. The van der Waals surface area contributed by atoms with Crippen LogP contribution < -0.4 is 15.1 Å². The number of aryl methyl sites for hydroxylation is 1. The van der Waals surface area contributed by atoms with Crippen LogP contribution in [-0.2, 0) is 22.6 Å². The third kappa shape index (κ3) is 4.22. The molecule has 0 aliphatic carbocycles. The van der Waals surface area contributed by atoms with E-state index in [0.717, 1.165) is 46.9 Å². The molecule has 7 heteroatoms. The van der Waals surface area contributed by atoms with Gasteiger partial charge in [-0.1, -0.05) is 48.0 Å². The third-order valence-electron chi connectivity index (χ3n) is 6.09. The highest BCUT2D eigenvalue weighted by Crippen LogP contribution is 2.32. The van der Waals surface area contributed by atoms with Gasteiger partial charge in [0.25, 0.3) is 11.8 Å². The topological polar surface area (TPSA) is 52.7 Å². The quantitative estimate of drug-likeness (QED) is 0.318. The van der Waals surface area contributed by atoms with Crippen LogP contribution in [0.4, 0.5) is 11.4 Å². The van der Waals surface area contributed by atoms with E-state index in [2.05, 4.69) is 10.2 Å². The lowest BCUT2D eigenvalue weighted by atomic mass is 10.0. The summed E-state index contributed by atoms with van der Waals surface area (Å²) < 4.78 is 0. The number of rotatable bonds is 4. The summed E-state index contributed by atoms with van der Waals surface area (Å²) in [4.78, 5) is 29.6. The fourth-order valence-corrected chi connectivity index (χ4v) is 4.88. The second kappa shape index (κ2) is 9.05. The van der Waals surface area contributed by atoms with E-state index < -0.39 is 11.8 Å². The Labute approximate surface area is 208 Å². The molecule has 1 N–H and O–H groups in total. The fraction of sp³-hybridized carbons (Fsp3) is 0.148. The smallest absolute Gasteiger partial charge is 0.270 e. The maximum atomic E-state index is 13.3. The van der Waals surface area contributed by atoms with E-state index >= 15 is 0 Å². The zero-order valence-corrected chi connectivity index (χ0v) is 20.1. The maximum Gasteiger partial charge on any atom is 0.270 e. The predicted octanol–water partition coefficient (Wildman–Crippen LogP) is 5.04. The number of carbonyl (C=O) groups excluding carboxylic acids is 2. The van der Waals surface area contributed by atoms with Crippen molar-refractivity contribution in [2.45, 2.75) is 19.9 Å². The number of hydrogen-bond donors (Lipinski definition) is 1. The Kier molecular flexibility index (Phi) is 5.94. The van der Waals surface area contributed by atoms with Crippen molar-refractivity contribution in [2.75, 3.05) is 16.3 Å². The first-order valence-corrected chi connectivity index (χ1v) is 11.8. The molecular formula is C27H22ClN3O2S. The van der Waals surface area contributed by atoms with Crippen molar-refractivity contribution in [3.8, 4) is 0 Å². The fourth-order valence-electron chi connectivity index (χ4n) is 4.40. The van der Waals surface area contributed by atoms with Crippen LogP contribution in [0.25, 0.3) is 6.08 Å². The van der Waals surface area contributed by atoms with Gasteiger partial charge in [-0.05, 0) is 84.2 Å². The second-order valence-electron chi connectivity index (χ2n) is 8.45. The Hall–Kier alpha value is -3.48. The minimum atomic E-state index is -0.486. The number of hydrogen-bond acceptors (Lipinski definition) is 4. The highest BCUT2D eigenvalue weighted by molar-refractivity contribution is 7.80. The molecule has 1 fully saturated rings. The largest absolute Gasteiger partial charge is 0.367 e. The number of thiocarbonyl (C=S) groups is 1. The Morgan fingerprint density at radius 2 is 1.88 bits per heavy atom. The van der Waals surface area contributed by atoms with E-state index in [0.29, 0.717) is 5.69 Å². The van der Waals surface area contributed by atoms with Crippen molar-refractivity contribution in [1.82, 2.24) is 5.32 Å². The number of amides is 2. The summed E-state index contributed by atoms with van der Waals surface area (Å²) >= 11 is 11.6. The van der Waals surface area contributed by atoms with Crippen LogP contribution >= 0.6 is 23.8 Å². The third-order valence-corrected chi connectivity index (χ3v) is 6.74. The van der Waals surface area contributed by atoms with Crippen molar-refractivity contribution in [3.63, 3.8) is 0 Å². The number of nitrogens with zero attached hydrogens (tertiary/aromatic N) is 2. The normalized spacial score (nSPS) is 16.8. The molecule has 34 heavy (non-hydrogen) atoms. The molecule has 3 aromatic rings. The van der Waals surface area contributed by atoms with Gasteiger partial charge in [-0.25, -0.2) is 0 Å². The molecular weight excluding hydrogens is 466 g/mol. The molecule has 2 amide bonds. The van der Waals surface area contributed by atoms with Crippen LogP contribution in [0.2, 0.25) is 5.02 Å². The Balaban J connectivity index is 1.42. The highest BCUT2D eigenvalue weighted by atomic mass is 35.5. The average Bonchev–Trinajstić information content (AvgIpc) is 3.20. The number of halogens is 1. The molecule has 0 radical (unpaired) electrons. The van der Waals surface area contributed by atoms with Gasteiger partial charge in [0.1, 0.15) is 5.57 Å². The second-order valence-corrected chi connectivity index (χ2v) is 9.24. The molecule has 170 valence electrons. The Morgan fingerprint density at radius 1 is 1.06 bits per heavy atom. The molecule has 0 bridgehead atoms. The standard InChI is InChI=1S/C27H22ClN3O2S/c1-17-5-4-7-21(13-17)31-26(33)22(25(32)29-27(31)34)15-18-9-10-24-19(14-18)11-12-30(24)16-20-6-2-3-8-23(20)28/h2-10,13-15H,11-12,16H2,1H3,(H,29,32,34)/b22-15+. The molecule has 5 nitrogen and oxygen atoms in total. The summed E-state index contributed by atoms with van der Waals surface area (Å²) in [7, 11) is 0. The van der Waals surface area contributed by atoms with Crippen LogP contribution in [0.1, 0.15) is 22.3 Å². The Morgan fingerprint density at radius 3 is 2.68 bits per heavy atom. The van der Waals surface area contributed by atoms with E-state index in [1.165, 1.54) is 10.5 Å². The lowest BCUT2D eigenvalue weighted by Gasteiger charge is -2.29. The van der Waals surface area contributed by atoms with Crippen molar-refractivity contribution < 1.29 is 9.59 Å². The Bertz CT molecular complexity index is 1370. The predicted molar refractivity (Wildman–Crippen MR) is 140 cm³/mol. The first-order chi connectivity index (χ1) is 16.4. The van der Waals surface area contributed by atoms with Crippen molar-refractivity contribution in [3.05, 3.63) is 99.6 Å². The zero-order valence-electron chi connectivity index (χ0n) is 18.5. The molecule has 2 heterocycles. The molecule has 5 rings (SSSR count). The van der Waals surface area contributed by atoms with Gasteiger partial charge in [0.2, 0.25) is 0 Å². The van der Waals surface area contributed by atoms with Gasteiger partial charge in [-0.3, -0.25) is 19.8 Å². The molecule has 3 aromatic carbocycles. The van der Waals surface area contributed by atoms with Crippen LogP contribution in [-0.4, -0.2) is 23.5 Å². The van der Waals surface area contributed by atoms with Gasteiger partial charge in [-0.15, -0.1) is 0 Å². The summed E-state index contributed by atoms with van der Waals surface area (Å²) in [5.41, 5.74) is 5.88. The summed E-state index contributed by atoms with van der Waals surface area (Å²) in [5.74, 6) is -0.917. The number of carbonyl (C=O) groups is 2. The van der Waals surface area contributed by atoms with Crippen LogP contribution in [0.3, 0.4) is 0 Å². The molecule has 1 saturated heterocycles. The summed E-state index contributed by atoms with van der Waals surface area (Å²) in [6, 6.07) is 21.3. The summed E-state index contributed by atoms with van der Waals surface area (Å²) in [5, 5.41) is 3.49. The van der Waals surface area contributed by atoms with Crippen LogP contribution in [0, 0.1) is 6.92 Å². The van der Waals surface area contributed by atoms with Gasteiger partial charge in [0.15, 0.2) is 5.11 Å². The van der Waals surface area contributed by atoms with E-state index in [9.17, 15) is 9.59 Å². The molecule has 2 aliphatic heterocycles. The monoisotopic (exact) mass is 487 g/mol. The number of fused-ring (bicyclic) bond motifs is 1. The van der Waals surface area contributed by atoms with Crippen LogP contribution in [0.5, 0.6) is 0 Å². The summed E-state index contributed by atoms with van der Waals surface area (Å²) in [6.45, 7) is 3.56. The van der Waals surface area contributed by atoms with Gasteiger partial charge >= 0.3 is 0 Å². The van der Waals surface area contributed by atoms with Crippen molar-refractivity contribution in [1.29, 1.82) is 0 Å². The molecule has 0 atom stereocenters. The molecule has 0 aromatic heterocycles. The van der Waals surface area contributed by atoms with Gasteiger partial charge in [0.05, 0.1) is 5.69 Å². The first-order valence-electron chi connectivity index (χ1n) is 11.0. The SMILES string of the molecule is Cc1cccc(N2C(=O)/C(=C/c3ccc4c(c3)CCN4Cc3ccccc3Cl)C(=O)NC2=S)c1. The molecule has 0 spiro atoms. The van der Waals surface area contributed by atoms with Crippen molar-refractivity contribution >= 4 is 58.2 Å². The first kappa shape index (κ1) is 22.3. The van der Waals surface area contributed by atoms with Gasteiger partial charge in [0, 0.05) is 23.8 Å². The summed E-state index contributed by atoms with van der Waals surface area (Å²) in [6.07, 6.45) is 2.52. The van der Waals surface area contributed by atoms with Crippen molar-refractivity contribution in [2.24, 2.45) is 0 Å². The lowest BCUT2D eigenvalue weighted by Crippen LogP contribution is -2.54. The molecule has 0 unspecified atom stereocenters. The lowest BCUT2D eigenvalue weighted by molar-refractivity contribution is -0.122. The van der Waals surface area contributed by atoms with E-state index in [1.807, 2.05) is 67.6 Å². The van der Waals surface area contributed by atoms with E-state index in [4.69, 9.17) is 23.8 Å². The van der Waals surface area contributed by atoms with E-state index in [-0.39, 0.29) is 10.7 Å².